The Morgan fingerprint density at radius 1 is 1.36 bits per heavy atom. The zero-order valence-electron chi connectivity index (χ0n) is 12.0. The van der Waals surface area contributed by atoms with E-state index < -0.39 is 4.92 Å². The molecular weight excluding hydrogens is 284 g/mol. The van der Waals surface area contributed by atoms with Gasteiger partial charge in [0.2, 0.25) is 5.71 Å². The second-order valence-electron chi connectivity index (χ2n) is 4.90. The van der Waals surface area contributed by atoms with Crippen molar-refractivity contribution in [3.8, 4) is 12.1 Å². The van der Waals surface area contributed by atoms with E-state index in [9.17, 15) is 10.1 Å². The third-order valence-corrected chi connectivity index (χ3v) is 3.46. The van der Waals surface area contributed by atoms with Crippen molar-refractivity contribution in [3.05, 3.63) is 27.8 Å². The number of rotatable bonds is 4. The lowest BCUT2D eigenvalue weighted by atomic mass is 10.1. The topological polar surface area (TPSA) is 118 Å². The van der Waals surface area contributed by atoms with Crippen LogP contribution in [0.1, 0.15) is 18.4 Å². The highest BCUT2D eigenvalue weighted by molar-refractivity contribution is 6.10. The number of nitro benzene ring substituents is 1. The highest BCUT2D eigenvalue weighted by atomic mass is 16.6. The molecule has 1 aliphatic heterocycles. The third-order valence-electron chi connectivity index (χ3n) is 3.46. The molecule has 0 amide bonds. The van der Waals surface area contributed by atoms with E-state index in [0.29, 0.717) is 16.9 Å². The van der Waals surface area contributed by atoms with Gasteiger partial charge in [-0.05, 0) is 31.4 Å². The van der Waals surface area contributed by atoms with E-state index in [-0.39, 0.29) is 11.4 Å². The summed E-state index contributed by atoms with van der Waals surface area (Å²) in [6.45, 7) is 3.25. The molecule has 0 unspecified atom stereocenters. The lowest BCUT2D eigenvalue weighted by Gasteiger charge is -2.19. The predicted molar refractivity (Wildman–Crippen MR) is 81.6 cm³/mol. The van der Waals surface area contributed by atoms with Crippen molar-refractivity contribution in [3.63, 3.8) is 0 Å². The van der Waals surface area contributed by atoms with Crippen LogP contribution in [0.4, 0.5) is 17.1 Å². The van der Waals surface area contributed by atoms with E-state index in [1.165, 1.54) is 6.07 Å². The van der Waals surface area contributed by atoms with Crippen LogP contribution in [0.25, 0.3) is 0 Å². The van der Waals surface area contributed by atoms with Gasteiger partial charge in [-0.1, -0.05) is 0 Å². The number of aryl methyl sites for hydroxylation is 1. The Morgan fingerprint density at radius 3 is 2.55 bits per heavy atom. The number of nitriles is 2. The van der Waals surface area contributed by atoms with Crippen molar-refractivity contribution in [1.82, 2.24) is 0 Å². The zero-order chi connectivity index (χ0) is 16.1. The molecule has 8 nitrogen and oxygen atoms in total. The molecule has 22 heavy (non-hydrogen) atoms. The molecule has 0 radical (unpaired) electrons. The van der Waals surface area contributed by atoms with Crippen LogP contribution in [0, 0.1) is 39.7 Å². The molecule has 1 aliphatic rings. The Labute approximate surface area is 127 Å². The molecule has 8 heteroatoms. The number of hydrazone groups is 1. The first-order valence-corrected chi connectivity index (χ1v) is 6.74. The Balaban J connectivity index is 2.42. The van der Waals surface area contributed by atoms with Gasteiger partial charge in [-0.15, -0.1) is 0 Å². The van der Waals surface area contributed by atoms with Crippen LogP contribution in [0.5, 0.6) is 0 Å². The lowest BCUT2D eigenvalue weighted by Crippen LogP contribution is -2.19. The van der Waals surface area contributed by atoms with E-state index in [0.717, 1.165) is 25.9 Å². The molecule has 1 heterocycles. The lowest BCUT2D eigenvalue weighted by molar-refractivity contribution is -0.384. The molecule has 112 valence electrons. The monoisotopic (exact) mass is 298 g/mol. The molecule has 1 N–H and O–H groups in total. The first-order chi connectivity index (χ1) is 10.6. The summed E-state index contributed by atoms with van der Waals surface area (Å²) >= 11 is 0. The minimum atomic E-state index is -0.399. The van der Waals surface area contributed by atoms with Gasteiger partial charge in [0.05, 0.1) is 10.6 Å². The summed E-state index contributed by atoms with van der Waals surface area (Å²) in [6.07, 6.45) is 2.00. The summed E-state index contributed by atoms with van der Waals surface area (Å²) in [5.74, 6) is 0. The fourth-order valence-corrected chi connectivity index (χ4v) is 2.35. The molecule has 1 aromatic carbocycles. The number of anilines is 2. The standard InChI is InChI=1S/C14H14N6O2/c1-10-6-14(20(21)22)13(19-4-2-3-5-19)7-12(10)18-17-11(8-15)9-16/h6-7,18H,2-5H2,1H3. The van der Waals surface area contributed by atoms with Gasteiger partial charge in [-0.3, -0.25) is 15.5 Å². The molecule has 2 rings (SSSR count). The number of benzene rings is 1. The average molecular weight is 298 g/mol. The normalized spacial score (nSPS) is 13.1. The van der Waals surface area contributed by atoms with Crippen molar-refractivity contribution in [2.45, 2.75) is 19.8 Å². The zero-order valence-corrected chi connectivity index (χ0v) is 12.0. The van der Waals surface area contributed by atoms with Gasteiger partial charge in [0.1, 0.15) is 17.8 Å². The van der Waals surface area contributed by atoms with E-state index >= 15 is 0 Å². The molecule has 0 aromatic heterocycles. The Kier molecular flexibility index (Phi) is 4.54. The van der Waals surface area contributed by atoms with Gasteiger partial charge in [-0.25, -0.2) is 0 Å². The Bertz CT molecular complexity index is 691. The fourth-order valence-electron chi connectivity index (χ4n) is 2.35. The van der Waals surface area contributed by atoms with Crippen LogP contribution in [-0.4, -0.2) is 23.7 Å². The summed E-state index contributed by atoms with van der Waals surface area (Å²) in [6, 6.07) is 6.42. The summed E-state index contributed by atoms with van der Waals surface area (Å²) < 4.78 is 0. The quantitative estimate of drug-likeness (QED) is 0.517. The van der Waals surface area contributed by atoms with Crippen molar-refractivity contribution in [1.29, 1.82) is 10.5 Å². The van der Waals surface area contributed by atoms with E-state index in [2.05, 4.69) is 10.5 Å². The maximum absolute atomic E-state index is 11.2. The maximum atomic E-state index is 11.2. The van der Waals surface area contributed by atoms with Crippen LogP contribution in [-0.2, 0) is 0 Å². The molecule has 0 aliphatic carbocycles. The smallest absolute Gasteiger partial charge is 0.292 e. The molecule has 0 bridgehead atoms. The van der Waals surface area contributed by atoms with Gasteiger partial charge in [0.25, 0.3) is 5.69 Å². The van der Waals surface area contributed by atoms with Gasteiger partial charge in [0, 0.05) is 19.2 Å². The van der Waals surface area contributed by atoms with Crippen LogP contribution >= 0.6 is 0 Å². The minimum Gasteiger partial charge on any atom is -0.366 e. The average Bonchev–Trinajstić information content (AvgIpc) is 3.03. The predicted octanol–water partition coefficient (Wildman–Crippen LogP) is 2.32. The van der Waals surface area contributed by atoms with Gasteiger partial charge < -0.3 is 4.90 Å². The Hall–Kier alpha value is -3.13. The molecule has 1 aromatic rings. The van der Waals surface area contributed by atoms with Crippen LogP contribution < -0.4 is 10.3 Å². The number of nitrogens with zero attached hydrogens (tertiary/aromatic N) is 5. The second-order valence-corrected chi connectivity index (χ2v) is 4.90. The van der Waals surface area contributed by atoms with Gasteiger partial charge in [0.15, 0.2) is 0 Å². The number of hydrogen-bond acceptors (Lipinski definition) is 7. The first kappa shape index (κ1) is 15.3. The van der Waals surface area contributed by atoms with Crippen LogP contribution in [0.3, 0.4) is 0 Å². The van der Waals surface area contributed by atoms with Crippen LogP contribution in [0.15, 0.2) is 17.2 Å². The molecule has 0 saturated carbocycles. The highest BCUT2D eigenvalue weighted by Crippen LogP contribution is 2.35. The molecule has 0 spiro atoms. The maximum Gasteiger partial charge on any atom is 0.292 e. The first-order valence-electron chi connectivity index (χ1n) is 6.74. The van der Waals surface area contributed by atoms with E-state index in [4.69, 9.17) is 10.5 Å². The third kappa shape index (κ3) is 3.13. The summed E-state index contributed by atoms with van der Waals surface area (Å²) in [5, 5.41) is 32.3. The fraction of sp³-hybridized carbons (Fsp3) is 0.357. The van der Waals surface area contributed by atoms with E-state index in [1.54, 1.807) is 25.1 Å². The van der Waals surface area contributed by atoms with Crippen molar-refractivity contribution < 1.29 is 4.92 Å². The molecule has 1 fully saturated rings. The summed E-state index contributed by atoms with van der Waals surface area (Å²) in [5.41, 5.74) is 4.07. The Morgan fingerprint density at radius 2 is 2.00 bits per heavy atom. The van der Waals surface area contributed by atoms with Crippen molar-refractivity contribution >= 4 is 22.8 Å². The van der Waals surface area contributed by atoms with Gasteiger partial charge in [-0.2, -0.15) is 15.6 Å². The molecule has 0 atom stereocenters. The number of nitrogens with one attached hydrogen (secondary N) is 1. The van der Waals surface area contributed by atoms with Crippen LogP contribution in [0.2, 0.25) is 0 Å². The highest BCUT2D eigenvalue weighted by Gasteiger charge is 2.23. The second kappa shape index (κ2) is 6.55. The largest absolute Gasteiger partial charge is 0.366 e. The number of nitro groups is 1. The number of hydrogen-bond donors (Lipinski definition) is 1. The van der Waals surface area contributed by atoms with Crippen molar-refractivity contribution in [2.75, 3.05) is 23.4 Å². The molecule has 1 saturated heterocycles. The van der Waals surface area contributed by atoms with E-state index in [1.807, 2.05) is 4.90 Å². The van der Waals surface area contributed by atoms with Gasteiger partial charge >= 0.3 is 0 Å². The van der Waals surface area contributed by atoms with Crippen molar-refractivity contribution in [2.24, 2.45) is 5.10 Å². The summed E-state index contributed by atoms with van der Waals surface area (Å²) in [4.78, 5) is 12.8. The minimum absolute atomic E-state index is 0.0507. The molecular formula is C14H14N6O2. The summed E-state index contributed by atoms with van der Waals surface area (Å²) in [7, 11) is 0. The SMILES string of the molecule is Cc1cc([N+](=O)[O-])c(N2CCCC2)cc1NN=C(C#N)C#N.